The Bertz CT molecular complexity index is 471. The second kappa shape index (κ2) is 3.89. The average Bonchev–Trinajstić information content (AvgIpc) is 2.59. The van der Waals surface area contributed by atoms with Crippen LogP contribution in [-0.2, 0) is 0 Å². The van der Waals surface area contributed by atoms with Crippen molar-refractivity contribution in [2.24, 2.45) is 0 Å². The molecule has 2 nitrogen and oxygen atoms in total. The highest BCUT2D eigenvalue weighted by Gasteiger charge is 2.07. The van der Waals surface area contributed by atoms with Crippen molar-refractivity contribution < 1.29 is 0 Å². The van der Waals surface area contributed by atoms with E-state index in [1.54, 1.807) is 0 Å². The zero-order chi connectivity index (χ0) is 11.0. The zero-order valence-corrected chi connectivity index (χ0v) is 10.2. The molecular weight excluding hydrogens is 204 g/mol. The predicted molar refractivity (Wildman–Crippen MR) is 67.5 cm³/mol. The summed E-state index contributed by atoms with van der Waals surface area (Å²) in [5.74, 6) is 0. The number of hydrogen-bond donors (Lipinski definition) is 1. The van der Waals surface area contributed by atoms with Crippen molar-refractivity contribution in [2.75, 3.05) is 0 Å². The third-order valence-corrected chi connectivity index (χ3v) is 2.89. The van der Waals surface area contributed by atoms with Crippen molar-refractivity contribution in [3.05, 3.63) is 30.0 Å². The minimum Gasteiger partial charge on any atom is -0.262 e. The van der Waals surface area contributed by atoms with E-state index in [-0.39, 0.29) is 5.25 Å². The summed E-state index contributed by atoms with van der Waals surface area (Å²) in [4.78, 5) is 0. The summed E-state index contributed by atoms with van der Waals surface area (Å²) in [5, 5.41) is 5.86. The molecule has 0 saturated heterocycles. The monoisotopic (exact) mass is 220 g/mol. The fraction of sp³-hybridized carbons (Fsp3) is 0.417. The molecule has 1 aromatic carbocycles. The van der Waals surface area contributed by atoms with Gasteiger partial charge in [-0.15, -0.1) is 0 Å². The van der Waals surface area contributed by atoms with Crippen LogP contribution in [-0.4, -0.2) is 9.78 Å². The molecule has 0 aliphatic heterocycles. The second-order valence-corrected chi connectivity index (χ2v) is 4.95. The van der Waals surface area contributed by atoms with E-state index in [1.165, 1.54) is 16.5 Å². The normalized spacial score (nSPS) is 13.7. The minimum atomic E-state index is 0.275. The van der Waals surface area contributed by atoms with Crippen molar-refractivity contribution in [1.29, 1.82) is 0 Å². The van der Waals surface area contributed by atoms with Crippen LogP contribution >= 0.6 is 12.6 Å². The number of rotatable bonds is 2. The molecule has 0 N–H and O–H groups in total. The number of hydrogen-bond acceptors (Lipinski definition) is 2. The highest BCUT2D eigenvalue weighted by molar-refractivity contribution is 7.80. The molecule has 2 rings (SSSR count). The fourth-order valence-corrected chi connectivity index (χ4v) is 1.90. The van der Waals surface area contributed by atoms with Gasteiger partial charge in [-0.2, -0.15) is 17.7 Å². The van der Waals surface area contributed by atoms with Crippen LogP contribution in [0.1, 0.15) is 37.6 Å². The van der Waals surface area contributed by atoms with E-state index >= 15 is 0 Å². The number of thiol groups is 1. The smallest absolute Gasteiger partial charge is 0.0685 e. The van der Waals surface area contributed by atoms with Gasteiger partial charge < -0.3 is 0 Å². The third kappa shape index (κ3) is 1.88. The van der Waals surface area contributed by atoms with E-state index < -0.39 is 0 Å². The Balaban J connectivity index is 2.57. The Morgan fingerprint density at radius 3 is 2.60 bits per heavy atom. The van der Waals surface area contributed by atoms with E-state index in [4.69, 9.17) is 0 Å². The maximum absolute atomic E-state index is 4.43. The van der Waals surface area contributed by atoms with Crippen molar-refractivity contribution in [1.82, 2.24) is 9.78 Å². The molecule has 1 unspecified atom stereocenters. The van der Waals surface area contributed by atoms with Crippen LogP contribution in [0, 0.1) is 0 Å². The Morgan fingerprint density at radius 2 is 2.00 bits per heavy atom. The maximum atomic E-state index is 4.43. The quantitative estimate of drug-likeness (QED) is 0.765. The van der Waals surface area contributed by atoms with Gasteiger partial charge in [0.2, 0.25) is 0 Å². The van der Waals surface area contributed by atoms with Crippen molar-refractivity contribution >= 4 is 23.5 Å². The van der Waals surface area contributed by atoms with Gasteiger partial charge >= 0.3 is 0 Å². The van der Waals surface area contributed by atoms with Gasteiger partial charge in [0.05, 0.1) is 11.7 Å². The molecule has 1 aromatic heterocycles. The van der Waals surface area contributed by atoms with E-state index in [0.29, 0.717) is 6.04 Å². The first-order valence-electron chi connectivity index (χ1n) is 5.25. The van der Waals surface area contributed by atoms with Crippen LogP contribution in [0.5, 0.6) is 0 Å². The Kier molecular flexibility index (Phi) is 2.74. The van der Waals surface area contributed by atoms with Crippen LogP contribution < -0.4 is 0 Å². The van der Waals surface area contributed by atoms with Crippen LogP contribution in [0.2, 0.25) is 0 Å². The Morgan fingerprint density at radius 1 is 1.27 bits per heavy atom. The van der Waals surface area contributed by atoms with Gasteiger partial charge in [-0.05, 0) is 38.5 Å². The van der Waals surface area contributed by atoms with Crippen LogP contribution in [0.25, 0.3) is 10.9 Å². The highest BCUT2D eigenvalue weighted by atomic mass is 32.1. The fourth-order valence-electron chi connectivity index (χ4n) is 1.74. The van der Waals surface area contributed by atoms with Crippen molar-refractivity contribution in [3.63, 3.8) is 0 Å². The number of fused-ring (bicyclic) bond motifs is 1. The number of benzene rings is 1. The van der Waals surface area contributed by atoms with E-state index in [2.05, 4.69) is 56.7 Å². The topological polar surface area (TPSA) is 17.8 Å². The first kappa shape index (κ1) is 10.6. The standard InChI is InChI=1S/C12H16N2S/c1-8(2)14-12-5-4-10(9(3)15)6-11(12)7-13-14/h4-9,15H,1-3H3. The summed E-state index contributed by atoms with van der Waals surface area (Å²) in [6, 6.07) is 6.82. The van der Waals surface area contributed by atoms with Gasteiger partial charge in [-0.25, -0.2) is 0 Å². The van der Waals surface area contributed by atoms with Crippen LogP contribution in [0.4, 0.5) is 0 Å². The molecule has 0 spiro atoms. The highest BCUT2D eigenvalue weighted by Crippen LogP contribution is 2.24. The molecule has 0 amide bonds. The van der Waals surface area contributed by atoms with Gasteiger partial charge in [-0.3, -0.25) is 4.68 Å². The molecule has 0 fully saturated rings. The lowest BCUT2D eigenvalue weighted by Crippen LogP contribution is -2.01. The molecule has 2 aromatic rings. The van der Waals surface area contributed by atoms with E-state index in [0.717, 1.165) is 0 Å². The largest absolute Gasteiger partial charge is 0.262 e. The van der Waals surface area contributed by atoms with Gasteiger partial charge in [0.1, 0.15) is 0 Å². The Labute approximate surface area is 95.7 Å². The predicted octanol–water partition coefficient (Wildman–Crippen LogP) is 3.61. The molecule has 1 heterocycles. The van der Waals surface area contributed by atoms with Gasteiger partial charge in [0.25, 0.3) is 0 Å². The van der Waals surface area contributed by atoms with E-state index in [1.807, 2.05) is 10.9 Å². The first-order chi connectivity index (χ1) is 7.09. The minimum absolute atomic E-state index is 0.275. The van der Waals surface area contributed by atoms with Gasteiger partial charge in [-0.1, -0.05) is 6.07 Å². The average molecular weight is 220 g/mol. The summed E-state index contributed by atoms with van der Waals surface area (Å²) < 4.78 is 2.04. The van der Waals surface area contributed by atoms with Gasteiger partial charge in [0.15, 0.2) is 0 Å². The SMILES string of the molecule is CC(S)c1ccc2c(cnn2C(C)C)c1. The van der Waals surface area contributed by atoms with Crippen molar-refractivity contribution in [2.45, 2.75) is 32.1 Å². The molecule has 1 atom stereocenters. The Hall–Kier alpha value is -0.960. The summed E-state index contributed by atoms with van der Waals surface area (Å²) in [7, 11) is 0. The van der Waals surface area contributed by atoms with Gasteiger partial charge in [0, 0.05) is 16.7 Å². The summed E-state index contributed by atoms with van der Waals surface area (Å²) >= 11 is 4.43. The third-order valence-electron chi connectivity index (χ3n) is 2.59. The lowest BCUT2D eigenvalue weighted by atomic mass is 10.1. The lowest BCUT2D eigenvalue weighted by Gasteiger charge is -2.08. The molecule has 15 heavy (non-hydrogen) atoms. The lowest BCUT2D eigenvalue weighted by molar-refractivity contribution is 0.551. The summed E-state index contributed by atoms with van der Waals surface area (Å²) in [5.41, 5.74) is 2.44. The van der Waals surface area contributed by atoms with Crippen molar-refractivity contribution in [3.8, 4) is 0 Å². The van der Waals surface area contributed by atoms with Crippen LogP contribution in [0.15, 0.2) is 24.4 Å². The molecule has 80 valence electrons. The molecule has 3 heteroatoms. The molecule has 0 saturated carbocycles. The first-order valence-corrected chi connectivity index (χ1v) is 5.76. The molecule has 0 aliphatic rings. The molecular formula is C12H16N2S. The summed E-state index contributed by atoms with van der Waals surface area (Å²) in [6.45, 7) is 6.36. The number of aromatic nitrogens is 2. The zero-order valence-electron chi connectivity index (χ0n) is 9.31. The molecule has 0 radical (unpaired) electrons. The van der Waals surface area contributed by atoms with Crippen LogP contribution in [0.3, 0.4) is 0 Å². The maximum Gasteiger partial charge on any atom is 0.0685 e. The molecule has 0 aliphatic carbocycles. The summed E-state index contributed by atoms with van der Waals surface area (Å²) in [6.07, 6.45) is 1.93. The number of nitrogens with zero attached hydrogens (tertiary/aromatic N) is 2. The molecule has 0 bridgehead atoms. The van der Waals surface area contributed by atoms with E-state index in [9.17, 15) is 0 Å². The second-order valence-electron chi connectivity index (χ2n) is 4.18.